The molecule has 0 atom stereocenters. The lowest BCUT2D eigenvalue weighted by atomic mass is 10.1. The Kier molecular flexibility index (Phi) is 3.98. The van der Waals surface area contributed by atoms with Gasteiger partial charge >= 0.3 is 5.97 Å². The van der Waals surface area contributed by atoms with Gasteiger partial charge < -0.3 is 9.64 Å². The van der Waals surface area contributed by atoms with Gasteiger partial charge in [-0.1, -0.05) is 34.1 Å². The summed E-state index contributed by atoms with van der Waals surface area (Å²) in [7, 11) is 1.35. The van der Waals surface area contributed by atoms with Crippen molar-refractivity contribution in [1.29, 1.82) is 0 Å². The Morgan fingerprint density at radius 1 is 1.27 bits per heavy atom. The summed E-state index contributed by atoms with van der Waals surface area (Å²) in [6, 6.07) is 12.9. The fourth-order valence-corrected chi connectivity index (χ4v) is 2.96. The number of hydrogen-bond donors (Lipinski definition) is 0. The zero-order valence-corrected chi connectivity index (χ0v) is 13.6. The molecule has 4 nitrogen and oxygen atoms in total. The van der Waals surface area contributed by atoms with Gasteiger partial charge in [-0.25, -0.2) is 4.79 Å². The highest BCUT2D eigenvalue weighted by Crippen LogP contribution is 2.27. The lowest BCUT2D eigenvalue weighted by Gasteiger charge is -2.16. The molecule has 5 heteroatoms. The summed E-state index contributed by atoms with van der Waals surface area (Å²) in [6.07, 6.45) is 0. The molecule has 112 valence electrons. The molecular weight excluding hydrogens is 346 g/mol. The first-order valence-electron chi connectivity index (χ1n) is 6.83. The number of halogens is 1. The minimum Gasteiger partial charge on any atom is -0.465 e. The highest BCUT2D eigenvalue weighted by molar-refractivity contribution is 9.10. The van der Waals surface area contributed by atoms with Crippen molar-refractivity contribution < 1.29 is 14.3 Å². The van der Waals surface area contributed by atoms with Crippen molar-refractivity contribution in [3.8, 4) is 0 Å². The zero-order chi connectivity index (χ0) is 15.7. The molecule has 0 saturated carbocycles. The van der Waals surface area contributed by atoms with Gasteiger partial charge in [-0.15, -0.1) is 0 Å². The van der Waals surface area contributed by atoms with E-state index in [9.17, 15) is 9.59 Å². The third kappa shape index (κ3) is 2.76. The highest BCUT2D eigenvalue weighted by Gasteiger charge is 2.27. The van der Waals surface area contributed by atoms with E-state index in [0.29, 0.717) is 18.7 Å². The molecule has 0 fully saturated rings. The topological polar surface area (TPSA) is 46.6 Å². The van der Waals surface area contributed by atoms with Gasteiger partial charge in [-0.3, -0.25) is 4.79 Å². The number of nitrogens with zero attached hydrogens (tertiary/aromatic N) is 1. The lowest BCUT2D eigenvalue weighted by molar-refractivity contribution is 0.0600. The van der Waals surface area contributed by atoms with E-state index in [-0.39, 0.29) is 11.9 Å². The fourth-order valence-electron chi connectivity index (χ4n) is 2.60. The van der Waals surface area contributed by atoms with Crippen LogP contribution in [0.4, 0.5) is 0 Å². The SMILES string of the molecule is COC(=O)c1cccc(CN2Cc3ccc(Br)cc3C2=O)c1. The number of carbonyl (C=O) groups excluding carboxylic acids is 2. The van der Waals surface area contributed by atoms with Crippen LogP contribution in [0.1, 0.15) is 31.8 Å². The minimum atomic E-state index is -0.373. The molecule has 22 heavy (non-hydrogen) atoms. The third-order valence-electron chi connectivity index (χ3n) is 3.67. The van der Waals surface area contributed by atoms with Gasteiger partial charge in [-0.2, -0.15) is 0 Å². The molecule has 1 heterocycles. The van der Waals surface area contributed by atoms with Crippen molar-refractivity contribution in [2.45, 2.75) is 13.1 Å². The van der Waals surface area contributed by atoms with E-state index in [0.717, 1.165) is 21.2 Å². The summed E-state index contributed by atoms with van der Waals surface area (Å²) in [6.45, 7) is 1.06. The lowest BCUT2D eigenvalue weighted by Crippen LogP contribution is -2.23. The molecule has 0 saturated heterocycles. The number of hydrogen-bond acceptors (Lipinski definition) is 3. The largest absolute Gasteiger partial charge is 0.465 e. The van der Waals surface area contributed by atoms with Crippen LogP contribution in [0.3, 0.4) is 0 Å². The third-order valence-corrected chi connectivity index (χ3v) is 4.17. The van der Waals surface area contributed by atoms with Crippen LogP contribution < -0.4 is 0 Å². The van der Waals surface area contributed by atoms with Crippen LogP contribution in [0.5, 0.6) is 0 Å². The summed E-state index contributed by atoms with van der Waals surface area (Å²) < 4.78 is 5.62. The van der Waals surface area contributed by atoms with Crippen molar-refractivity contribution >= 4 is 27.8 Å². The maximum atomic E-state index is 12.4. The zero-order valence-electron chi connectivity index (χ0n) is 12.0. The first-order chi connectivity index (χ1) is 10.6. The van der Waals surface area contributed by atoms with Crippen LogP contribution in [-0.2, 0) is 17.8 Å². The van der Waals surface area contributed by atoms with Gasteiger partial charge in [0, 0.05) is 23.1 Å². The van der Waals surface area contributed by atoms with E-state index in [1.54, 1.807) is 23.1 Å². The van der Waals surface area contributed by atoms with E-state index < -0.39 is 0 Å². The predicted molar refractivity (Wildman–Crippen MR) is 85.5 cm³/mol. The van der Waals surface area contributed by atoms with Crippen LogP contribution in [0.25, 0.3) is 0 Å². The Labute approximate surface area is 136 Å². The number of fused-ring (bicyclic) bond motifs is 1. The molecule has 1 aliphatic rings. The number of esters is 1. The summed E-state index contributed by atoms with van der Waals surface area (Å²) in [4.78, 5) is 25.8. The molecule has 0 spiro atoms. The van der Waals surface area contributed by atoms with Crippen LogP contribution in [-0.4, -0.2) is 23.9 Å². The molecule has 0 unspecified atom stereocenters. The molecule has 1 amide bonds. The van der Waals surface area contributed by atoms with Crippen LogP contribution in [0, 0.1) is 0 Å². The molecule has 2 aromatic rings. The van der Waals surface area contributed by atoms with E-state index in [1.165, 1.54) is 7.11 Å². The van der Waals surface area contributed by atoms with Crippen molar-refractivity contribution in [2.75, 3.05) is 7.11 Å². The Bertz CT molecular complexity index is 757. The number of amides is 1. The summed E-state index contributed by atoms with van der Waals surface area (Å²) >= 11 is 3.39. The van der Waals surface area contributed by atoms with Crippen molar-refractivity contribution in [3.05, 3.63) is 69.2 Å². The van der Waals surface area contributed by atoms with Gasteiger partial charge in [-0.05, 0) is 35.4 Å². The van der Waals surface area contributed by atoms with Gasteiger partial charge in [0.1, 0.15) is 0 Å². The van der Waals surface area contributed by atoms with E-state index in [1.807, 2.05) is 24.3 Å². The fraction of sp³-hybridized carbons (Fsp3) is 0.176. The van der Waals surface area contributed by atoms with Crippen LogP contribution in [0.15, 0.2) is 46.9 Å². The normalized spacial score (nSPS) is 13.2. The minimum absolute atomic E-state index is 0.0137. The first kappa shape index (κ1) is 14.8. The van der Waals surface area contributed by atoms with E-state index in [2.05, 4.69) is 15.9 Å². The second-order valence-corrected chi connectivity index (χ2v) is 6.07. The molecule has 0 bridgehead atoms. The molecule has 0 aromatic heterocycles. The average molecular weight is 360 g/mol. The van der Waals surface area contributed by atoms with Gasteiger partial charge in [0.05, 0.1) is 12.7 Å². The Balaban J connectivity index is 1.81. The average Bonchev–Trinajstić information content (AvgIpc) is 2.83. The second kappa shape index (κ2) is 5.93. The van der Waals surface area contributed by atoms with Crippen molar-refractivity contribution in [2.24, 2.45) is 0 Å². The van der Waals surface area contributed by atoms with Crippen LogP contribution in [0.2, 0.25) is 0 Å². The van der Waals surface area contributed by atoms with Gasteiger partial charge in [0.2, 0.25) is 0 Å². The van der Waals surface area contributed by atoms with Gasteiger partial charge in [0.15, 0.2) is 0 Å². The quantitative estimate of drug-likeness (QED) is 0.789. The maximum Gasteiger partial charge on any atom is 0.337 e. The van der Waals surface area contributed by atoms with Crippen LogP contribution >= 0.6 is 15.9 Å². The highest BCUT2D eigenvalue weighted by atomic mass is 79.9. The number of carbonyl (C=O) groups is 2. The smallest absolute Gasteiger partial charge is 0.337 e. The van der Waals surface area contributed by atoms with Crippen molar-refractivity contribution in [3.63, 3.8) is 0 Å². The summed E-state index contributed by atoms with van der Waals surface area (Å²) in [5.74, 6) is -0.360. The summed E-state index contributed by atoms with van der Waals surface area (Å²) in [5.41, 5.74) is 3.16. The molecule has 0 aliphatic carbocycles. The van der Waals surface area contributed by atoms with Crippen molar-refractivity contribution in [1.82, 2.24) is 4.90 Å². The monoisotopic (exact) mass is 359 g/mol. The van der Waals surface area contributed by atoms with E-state index >= 15 is 0 Å². The Morgan fingerprint density at radius 3 is 2.86 bits per heavy atom. The number of rotatable bonds is 3. The Hall–Kier alpha value is -2.14. The molecule has 0 N–H and O–H groups in total. The molecule has 2 aromatic carbocycles. The second-order valence-electron chi connectivity index (χ2n) is 5.15. The Morgan fingerprint density at radius 2 is 2.09 bits per heavy atom. The molecule has 1 aliphatic heterocycles. The van der Waals surface area contributed by atoms with E-state index in [4.69, 9.17) is 4.74 Å². The molecular formula is C17H14BrNO3. The first-order valence-corrected chi connectivity index (χ1v) is 7.63. The maximum absolute atomic E-state index is 12.4. The number of benzene rings is 2. The standard InChI is InChI=1S/C17H14BrNO3/c1-22-17(21)12-4-2-3-11(7-12)9-19-10-13-5-6-14(18)8-15(13)16(19)20/h2-8H,9-10H2,1H3. The number of ether oxygens (including phenoxy) is 1. The number of methoxy groups -OCH3 is 1. The molecule has 3 rings (SSSR count). The van der Waals surface area contributed by atoms with Gasteiger partial charge in [0.25, 0.3) is 5.91 Å². The molecule has 0 radical (unpaired) electrons. The predicted octanol–water partition coefficient (Wildman–Crippen LogP) is 3.39. The summed E-state index contributed by atoms with van der Waals surface area (Å²) in [5, 5.41) is 0.